The third kappa shape index (κ3) is 3.68. The van der Waals surface area contributed by atoms with Crippen molar-refractivity contribution in [1.29, 1.82) is 5.26 Å². The molecule has 2 aromatic carbocycles. The Balaban J connectivity index is 1.54. The average molecular weight is 374 g/mol. The molecule has 0 N–H and O–H groups in total. The van der Waals surface area contributed by atoms with Gasteiger partial charge in [-0.15, -0.1) is 0 Å². The maximum Gasteiger partial charge on any atom is 0.169 e. The Morgan fingerprint density at radius 3 is 2.50 bits per heavy atom. The number of Topliss-reactive ketones (excluding diaryl/α,β-unsaturated/α-hetero) is 1. The summed E-state index contributed by atoms with van der Waals surface area (Å²) < 4.78 is 5.41. The van der Waals surface area contributed by atoms with Crippen molar-refractivity contribution in [2.24, 2.45) is 5.92 Å². The molecule has 0 radical (unpaired) electrons. The number of benzene rings is 2. The molecular formula is C24H26N2O2. The zero-order chi connectivity index (χ0) is 19.5. The highest BCUT2D eigenvalue weighted by Crippen LogP contribution is 2.40. The molecule has 2 aliphatic rings. The van der Waals surface area contributed by atoms with Crippen LogP contribution in [0, 0.1) is 17.2 Å². The molecule has 28 heavy (non-hydrogen) atoms. The van der Waals surface area contributed by atoms with E-state index in [0.29, 0.717) is 29.0 Å². The third-order valence-electron chi connectivity index (χ3n) is 6.30. The quantitative estimate of drug-likeness (QED) is 0.719. The van der Waals surface area contributed by atoms with Gasteiger partial charge < -0.3 is 4.74 Å². The molecule has 2 unspecified atom stereocenters. The van der Waals surface area contributed by atoms with Crippen molar-refractivity contribution >= 4 is 5.78 Å². The third-order valence-corrected chi connectivity index (χ3v) is 6.30. The van der Waals surface area contributed by atoms with Crippen molar-refractivity contribution in [2.75, 3.05) is 7.11 Å². The molecule has 2 saturated heterocycles. The molecule has 4 nitrogen and oxygen atoms in total. The van der Waals surface area contributed by atoms with Crippen molar-refractivity contribution in [3.8, 4) is 11.8 Å². The molecule has 0 spiro atoms. The minimum atomic E-state index is 0.00478. The van der Waals surface area contributed by atoms with Gasteiger partial charge in [0.2, 0.25) is 0 Å². The van der Waals surface area contributed by atoms with E-state index in [2.05, 4.69) is 41.3 Å². The zero-order valence-electron chi connectivity index (χ0n) is 16.3. The minimum absolute atomic E-state index is 0.00478. The fraction of sp³-hybridized carbons (Fsp3) is 0.417. The fourth-order valence-corrected chi connectivity index (χ4v) is 4.93. The first-order valence-electron chi connectivity index (χ1n) is 10.1. The molecule has 144 valence electrons. The predicted octanol–water partition coefficient (Wildman–Crippen LogP) is 4.58. The molecule has 4 heteroatoms. The number of fused-ring (bicyclic) bond motifs is 2. The van der Waals surface area contributed by atoms with Crippen LogP contribution in [0.2, 0.25) is 0 Å². The molecule has 2 atom stereocenters. The van der Waals surface area contributed by atoms with Gasteiger partial charge in [0.15, 0.2) is 5.78 Å². The Morgan fingerprint density at radius 1 is 1.14 bits per heavy atom. The van der Waals surface area contributed by atoms with Crippen LogP contribution in [0.4, 0.5) is 0 Å². The number of methoxy groups -OCH3 is 1. The van der Waals surface area contributed by atoms with E-state index in [9.17, 15) is 10.1 Å². The van der Waals surface area contributed by atoms with E-state index in [0.717, 1.165) is 32.2 Å². The number of hydrogen-bond acceptors (Lipinski definition) is 4. The van der Waals surface area contributed by atoms with Gasteiger partial charge in [-0.25, -0.2) is 0 Å². The van der Waals surface area contributed by atoms with Crippen molar-refractivity contribution in [3.05, 3.63) is 65.2 Å². The number of nitrogens with zero attached hydrogens (tertiary/aromatic N) is 2. The standard InChI is InChI=1S/C24H26N2O2/c1-28-23-11-10-18(15-25)12-22(23)24(27)19-13-20-8-5-9-21(14-19)26(20)16-17-6-3-2-4-7-17/h2-4,6-7,10-12,19-21H,5,8-9,13-14,16H2,1H3. The summed E-state index contributed by atoms with van der Waals surface area (Å²) >= 11 is 0. The van der Waals surface area contributed by atoms with Crippen LogP contribution in [0.5, 0.6) is 5.75 Å². The summed E-state index contributed by atoms with van der Waals surface area (Å²) in [5.41, 5.74) is 2.40. The van der Waals surface area contributed by atoms with Crippen LogP contribution in [0.15, 0.2) is 48.5 Å². The first-order valence-corrected chi connectivity index (χ1v) is 10.1. The Hall–Kier alpha value is -2.64. The summed E-state index contributed by atoms with van der Waals surface area (Å²) in [7, 11) is 1.58. The van der Waals surface area contributed by atoms with Gasteiger partial charge in [-0.2, -0.15) is 5.26 Å². The highest BCUT2D eigenvalue weighted by Gasteiger charge is 2.41. The van der Waals surface area contributed by atoms with Crippen molar-refractivity contribution in [3.63, 3.8) is 0 Å². The maximum absolute atomic E-state index is 13.3. The Morgan fingerprint density at radius 2 is 1.86 bits per heavy atom. The summed E-state index contributed by atoms with van der Waals surface area (Å²) in [5, 5.41) is 9.22. The largest absolute Gasteiger partial charge is 0.496 e. The summed E-state index contributed by atoms with van der Waals surface area (Å²) in [6.45, 7) is 0.963. The fourth-order valence-electron chi connectivity index (χ4n) is 4.93. The molecule has 2 bridgehead atoms. The first kappa shape index (κ1) is 18.7. The second-order valence-corrected chi connectivity index (χ2v) is 7.96. The van der Waals surface area contributed by atoms with Gasteiger partial charge in [0.25, 0.3) is 0 Å². The lowest BCUT2D eigenvalue weighted by atomic mass is 9.75. The summed E-state index contributed by atoms with van der Waals surface area (Å²) in [6.07, 6.45) is 5.34. The van der Waals surface area contributed by atoms with Crippen LogP contribution >= 0.6 is 0 Å². The van der Waals surface area contributed by atoms with Crippen molar-refractivity contribution < 1.29 is 9.53 Å². The molecule has 2 heterocycles. The van der Waals surface area contributed by atoms with Crippen LogP contribution in [-0.2, 0) is 6.54 Å². The molecule has 0 aliphatic carbocycles. The number of hydrogen-bond donors (Lipinski definition) is 0. The van der Waals surface area contributed by atoms with E-state index in [4.69, 9.17) is 4.74 Å². The van der Waals surface area contributed by atoms with E-state index in [-0.39, 0.29) is 11.7 Å². The van der Waals surface area contributed by atoms with Crippen LogP contribution in [-0.4, -0.2) is 29.9 Å². The predicted molar refractivity (Wildman–Crippen MR) is 108 cm³/mol. The van der Waals surface area contributed by atoms with E-state index >= 15 is 0 Å². The minimum Gasteiger partial charge on any atom is -0.496 e. The molecule has 4 rings (SSSR count). The molecule has 0 aromatic heterocycles. The average Bonchev–Trinajstić information content (AvgIpc) is 2.73. The van der Waals surface area contributed by atoms with E-state index in [1.54, 1.807) is 25.3 Å². The number of ether oxygens (including phenoxy) is 1. The molecule has 2 aromatic rings. The number of carbonyl (C=O) groups is 1. The van der Waals surface area contributed by atoms with Gasteiger partial charge in [-0.05, 0) is 49.4 Å². The number of rotatable bonds is 5. The molecule has 2 aliphatic heterocycles. The smallest absolute Gasteiger partial charge is 0.169 e. The first-order chi connectivity index (χ1) is 13.7. The Kier molecular flexibility index (Phi) is 5.45. The molecular weight excluding hydrogens is 348 g/mol. The lowest BCUT2D eigenvalue weighted by molar-refractivity contribution is 0.00899. The van der Waals surface area contributed by atoms with Gasteiger partial charge in [0, 0.05) is 24.5 Å². The van der Waals surface area contributed by atoms with Crippen LogP contribution in [0.3, 0.4) is 0 Å². The van der Waals surface area contributed by atoms with Crippen molar-refractivity contribution in [1.82, 2.24) is 4.90 Å². The van der Waals surface area contributed by atoms with Gasteiger partial charge in [0.1, 0.15) is 5.75 Å². The normalized spacial score (nSPS) is 24.4. The van der Waals surface area contributed by atoms with Gasteiger partial charge >= 0.3 is 0 Å². The maximum atomic E-state index is 13.3. The molecule has 2 fully saturated rings. The van der Waals surface area contributed by atoms with E-state index in [1.165, 1.54) is 12.0 Å². The highest BCUT2D eigenvalue weighted by atomic mass is 16.5. The van der Waals surface area contributed by atoms with E-state index < -0.39 is 0 Å². The Bertz CT molecular complexity index is 873. The van der Waals surface area contributed by atoms with Gasteiger partial charge in [-0.1, -0.05) is 36.8 Å². The number of ketones is 1. The summed E-state index contributed by atoms with van der Waals surface area (Å²) in [6, 6.07) is 18.8. The SMILES string of the molecule is COc1ccc(C#N)cc1C(=O)C1CC2CCCC(C1)N2Cc1ccccc1. The Labute approximate surface area is 166 Å². The number of carbonyl (C=O) groups excluding carboxylic acids is 1. The van der Waals surface area contributed by atoms with Crippen LogP contribution in [0.1, 0.15) is 53.6 Å². The van der Waals surface area contributed by atoms with Crippen LogP contribution in [0.25, 0.3) is 0 Å². The topological polar surface area (TPSA) is 53.3 Å². The summed E-state index contributed by atoms with van der Waals surface area (Å²) in [5.74, 6) is 0.705. The van der Waals surface area contributed by atoms with Gasteiger partial charge in [-0.3, -0.25) is 9.69 Å². The lowest BCUT2D eigenvalue weighted by Gasteiger charge is -2.48. The van der Waals surface area contributed by atoms with Crippen LogP contribution < -0.4 is 4.74 Å². The number of nitriles is 1. The van der Waals surface area contributed by atoms with Crippen molar-refractivity contribution in [2.45, 2.75) is 50.7 Å². The van der Waals surface area contributed by atoms with E-state index in [1.807, 2.05) is 0 Å². The van der Waals surface area contributed by atoms with Gasteiger partial charge in [0.05, 0.1) is 24.3 Å². The zero-order valence-corrected chi connectivity index (χ0v) is 16.3. The monoisotopic (exact) mass is 374 g/mol. The molecule has 0 amide bonds. The second kappa shape index (κ2) is 8.16. The lowest BCUT2D eigenvalue weighted by Crippen LogP contribution is -2.52. The summed E-state index contributed by atoms with van der Waals surface area (Å²) in [4.78, 5) is 16.0. The highest BCUT2D eigenvalue weighted by molar-refractivity contribution is 6.00. The number of piperidine rings is 2. The molecule has 0 saturated carbocycles. The second-order valence-electron chi connectivity index (χ2n) is 7.96.